The van der Waals surface area contributed by atoms with E-state index in [4.69, 9.17) is 5.41 Å². The van der Waals surface area contributed by atoms with Crippen LogP contribution >= 0.6 is 0 Å². The fourth-order valence-electron chi connectivity index (χ4n) is 0.852. The van der Waals surface area contributed by atoms with E-state index in [1.165, 1.54) is 0 Å². The number of aromatic amines is 1. The van der Waals surface area contributed by atoms with Gasteiger partial charge in [0.25, 0.3) is 5.56 Å². The van der Waals surface area contributed by atoms with E-state index < -0.39 is 0 Å². The molecule has 0 bridgehead atoms. The summed E-state index contributed by atoms with van der Waals surface area (Å²) in [5, 5.41) is 9.76. The van der Waals surface area contributed by atoms with Gasteiger partial charge < -0.3 is 15.7 Å². The lowest BCUT2D eigenvalue weighted by molar-refractivity contribution is 1.22. The molecule has 3 N–H and O–H groups in total. The molecule has 0 aromatic carbocycles. The predicted molar refractivity (Wildman–Crippen MR) is 44.5 cm³/mol. The van der Waals surface area contributed by atoms with Crippen LogP contribution in [0.5, 0.6) is 0 Å². The van der Waals surface area contributed by atoms with Gasteiger partial charge in [0.05, 0.1) is 5.56 Å². The first-order valence-corrected chi connectivity index (χ1v) is 3.19. The molecule has 1 rings (SSSR count). The Morgan fingerprint density at radius 2 is 2.45 bits per heavy atom. The quantitative estimate of drug-likeness (QED) is 0.536. The lowest BCUT2D eigenvalue weighted by Crippen LogP contribution is -2.13. The summed E-state index contributed by atoms with van der Waals surface area (Å²) in [4.78, 5) is 13.5. The van der Waals surface area contributed by atoms with Crippen molar-refractivity contribution in [2.45, 2.75) is 0 Å². The van der Waals surface area contributed by atoms with Gasteiger partial charge >= 0.3 is 0 Å². The maximum Gasteiger partial charge on any atom is 0.258 e. The Morgan fingerprint density at radius 1 is 1.73 bits per heavy atom. The van der Waals surface area contributed by atoms with Crippen molar-refractivity contribution in [1.29, 1.82) is 5.41 Å². The second kappa shape index (κ2) is 3.01. The molecular weight excluding hydrogens is 142 g/mol. The van der Waals surface area contributed by atoms with Gasteiger partial charge in [-0.25, -0.2) is 0 Å². The third kappa shape index (κ3) is 1.29. The standard InChI is InChI=1S/C7H9N3O/c1-9-6-2-3-10-7(11)5(6)4-8/h2-4,8H,1H3,(H2,9,10,11). The van der Waals surface area contributed by atoms with Gasteiger partial charge in [0.1, 0.15) is 0 Å². The second-order valence-corrected chi connectivity index (χ2v) is 2.03. The normalized spacial score (nSPS) is 9.18. The molecule has 0 aliphatic rings. The van der Waals surface area contributed by atoms with Gasteiger partial charge in [0.2, 0.25) is 0 Å². The van der Waals surface area contributed by atoms with E-state index in [2.05, 4.69) is 10.3 Å². The van der Waals surface area contributed by atoms with Crippen molar-refractivity contribution < 1.29 is 0 Å². The van der Waals surface area contributed by atoms with Crippen LogP contribution in [0.2, 0.25) is 0 Å². The third-order valence-corrected chi connectivity index (χ3v) is 1.41. The van der Waals surface area contributed by atoms with Crippen LogP contribution in [0.25, 0.3) is 0 Å². The molecule has 0 aliphatic carbocycles. The average Bonchev–Trinajstić information content (AvgIpc) is 2.04. The molecule has 4 nitrogen and oxygen atoms in total. The Bertz CT molecular complexity index is 316. The topological polar surface area (TPSA) is 68.7 Å². The molecule has 1 aromatic rings. The third-order valence-electron chi connectivity index (χ3n) is 1.41. The average molecular weight is 151 g/mol. The minimum atomic E-state index is -0.244. The highest BCUT2D eigenvalue weighted by atomic mass is 16.1. The van der Waals surface area contributed by atoms with E-state index in [1.54, 1.807) is 19.3 Å². The maximum atomic E-state index is 11.0. The zero-order valence-corrected chi connectivity index (χ0v) is 6.14. The van der Waals surface area contributed by atoms with Crippen molar-refractivity contribution >= 4 is 11.9 Å². The Kier molecular flexibility index (Phi) is 2.06. The van der Waals surface area contributed by atoms with E-state index >= 15 is 0 Å². The first-order chi connectivity index (χ1) is 5.29. The highest BCUT2D eigenvalue weighted by molar-refractivity contribution is 5.84. The number of rotatable bonds is 2. The van der Waals surface area contributed by atoms with Gasteiger partial charge in [0, 0.05) is 25.1 Å². The molecule has 58 valence electrons. The van der Waals surface area contributed by atoms with Crippen molar-refractivity contribution in [2.24, 2.45) is 0 Å². The van der Waals surface area contributed by atoms with Crippen LogP contribution in [0, 0.1) is 5.41 Å². The largest absolute Gasteiger partial charge is 0.387 e. The van der Waals surface area contributed by atoms with Gasteiger partial charge in [0.15, 0.2) is 0 Å². The van der Waals surface area contributed by atoms with Crippen molar-refractivity contribution in [3.05, 3.63) is 28.2 Å². The molecule has 0 fully saturated rings. The fourth-order valence-corrected chi connectivity index (χ4v) is 0.852. The molecule has 0 atom stereocenters. The van der Waals surface area contributed by atoms with Crippen LogP contribution in [0.3, 0.4) is 0 Å². The number of H-pyrrole nitrogens is 1. The number of hydrogen-bond acceptors (Lipinski definition) is 3. The van der Waals surface area contributed by atoms with Gasteiger partial charge in [-0.05, 0) is 6.07 Å². The van der Waals surface area contributed by atoms with Crippen molar-refractivity contribution in [3.63, 3.8) is 0 Å². The molecule has 1 heterocycles. The van der Waals surface area contributed by atoms with Gasteiger partial charge in [-0.2, -0.15) is 0 Å². The van der Waals surface area contributed by atoms with Gasteiger partial charge in [-0.1, -0.05) is 0 Å². The minimum Gasteiger partial charge on any atom is -0.387 e. The molecule has 0 unspecified atom stereocenters. The van der Waals surface area contributed by atoms with Crippen LogP contribution in [0.15, 0.2) is 17.1 Å². The van der Waals surface area contributed by atoms with Gasteiger partial charge in [-0.3, -0.25) is 4.79 Å². The van der Waals surface area contributed by atoms with Crippen molar-refractivity contribution in [2.75, 3.05) is 12.4 Å². The first-order valence-electron chi connectivity index (χ1n) is 3.19. The summed E-state index contributed by atoms with van der Waals surface area (Å²) in [6.45, 7) is 0. The molecule has 0 aliphatic heterocycles. The monoisotopic (exact) mass is 151 g/mol. The SMILES string of the molecule is CNc1cc[nH]c(=O)c1C=N. The Labute approximate surface area is 63.8 Å². The molecule has 11 heavy (non-hydrogen) atoms. The zero-order valence-electron chi connectivity index (χ0n) is 6.14. The number of pyridine rings is 1. The highest BCUT2D eigenvalue weighted by Crippen LogP contribution is 2.04. The lowest BCUT2D eigenvalue weighted by atomic mass is 10.2. The van der Waals surface area contributed by atoms with Crippen LogP contribution in [-0.2, 0) is 0 Å². The van der Waals surface area contributed by atoms with E-state index in [-0.39, 0.29) is 5.56 Å². The summed E-state index contributed by atoms with van der Waals surface area (Å²) in [7, 11) is 1.71. The van der Waals surface area contributed by atoms with E-state index in [9.17, 15) is 4.79 Å². The molecule has 0 spiro atoms. The number of anilines is 1. The maximum absolute atomic E-state index is 11.0. The summed E-state index contributed by atoms with van der Waals surface area (Å²) in [5.41, 5.74) is 0.783. The van der Waals surface area contributed by atoms with E-state index in [0.29, 0.717) is 11.3 Å². The van der Waals surface area contributed by atoms with Crippen molar-refractivity contribution in [1.82, 2.24) is 4.98 Å². The van der Waals surface area contributed by atoms with Crippen LogP contribution in [-0.4, -0.2) is 18.2 Å². The van der Waals surface area contributed by atoms with E-state index in [1.807, 2.05) is 0 Å². The van der Waals surface area contributed by atoms with Crippen molar-refractivity contribution in [3.8, 4) is 0 Å². The number of aromatic nitrogens is 1. The Morgan fingerprint density at radius 3 is 2.91 bits per heavy atom. The summed E-state index contributed by atoms with van der Waals surface area (Å²) in [6.07, 6.45) is 2.58. The lowest BCUT2D eigenvalue weighted by Gasteiger charge is -2.00. The first kappa shape index (κ1) is 7.53. The molecule has 0 radical (unpaired) electrons. The zero-order chi connectivity index (χ0) is 8.27. The van der Waals surface area contributed by atoms with E-state index in [0.717, 1.165) is 6.21 Å². The fraction of sp³-hybridized carbons (Fsp3) is 0.143. The Hall–Kier alpha value is -1.58. The number of nitrogens with one attached hydrogen (secondary N) is 3. The van der Waals surface area contributed by atoms with Crippen LogP contribution in [0.4, 0.5) is 5.69 Å². The molecule has 0 saturated heterocycles. The predicted octanol–water partition coefficient (Wildman–Crippen LogP) is 0.414. The molecule has 1 aromatic heterocycles. The summed E-state index contributed by atoms with van der Waals surface area (Å²) >= 11 is 0. The number of hydrogen-bond donors (Lipinski definition) is 3. The highest BCUT2D eigenvalue weighted by Gasteiger charge is 1.99. The second-order valence-electron chi connectivity index (χ2n) is 2.03. The van der Waals surface area contributed by atoms with Gasteiger partial charge in [-0.15, -0.1) is 0 Å². The minimum absolute atomic E-state index is 0.244. The Balaban J connectivity index is 3.36. The molecule has 4 heteroatoms. The molecule has 0 amide bonds. The summed E-state index contributed by atoms with van der Waals surface area (Å²) in [6, 6.07) is 1.71. The van der Waals surface area contributed by atoms with Crippen LogP contribution < -0.4 is 10.9 Å². The smallest absolute Gasteiger partial charge is 0.258 e. The molecule has 0 saturated carbocycles. The summed E-state index contributed by atoms with van der Waals surface area (Å²) in [5.74, 6) is 0. The molecular formula is C7H9N3O. The van der Waals surface area contributed by atoms with Crippen LogP contribution in [0.1, 0.15) is 5.56 Å². The summed E-state index contributed by atoms with van der Waals surface area (Å²) < 4.78 is 0.